The fourth-order valence-electron chi connectivity index (χ4n) is 0.361. The van der Waals surface area contributed by atoms with E-state index in [4.69, 9.17) is 0 Å². The van der Waals surface area contributed by atoms with Crippen molar-refractivity contribution >= 4 is 0 Å². The Morgan fingerprint density at radius 2 is 2.62 bits per heavy atom. The van der Waals surface area contributed by atoms with E-state index < -0.39 is 13.2 Å². The Bertz CT molecular complexity index is 93.3. The summed E-state index contributed by atoms with van der Waals surface area (Å²) in [5.74, 6) is 0. The van der Waals surface area contributed by atoms with Crippen LogP contribution in [-0.4, -0.2) is 13.2 Å². The molecule has 1 aliphatic heterocycles. The summed E-state index contributed by atoms with van der Waals surface area (Å²) in [6.07, 6.45) is 2.08. The minimum Gasteiger partial charge on any atom is -0.343 e. The zero-order valence-corrected chi connectivity index (χ0v) is 4.04. The Morgan fingerprint density at radius 3 is 3.12 bits per heavy atom. The van der Waals surface area contributed by atoms with Crippen LogP contribution in [0.5, 0.6) is 0 Å². The number of halogens is 1. The molecule has 0 saturated carbocycles. The van der Waals surface area contributed by atoms with E-state index in [9.17, 15) is 4.39 Å². The molecule has 0 aromatic rings. The maximum absolute atomic E-state index is 11.3. The van der Waals surface area contributed by atoms with Gasteiger partial charge in [0.2, 0.25) is 6.29 Å². The van der Waals surface area contributed by atoms with Crippen molar-refractivity contribution in [2.24, 2.45) is 0 Å². The summed E-state index contributed by atoms with van der Waals surface area (Å²) in [7, 11) is 0. The molecule has 46 valence electrons. The van der Waals surface area contributed by atoms with Gasteiger partial charge in [0, 0.05) is 6.08 Å². The van der Waals surface area contributed by atoms with E-state index in [0.717, 1.165) is 0 Å². The van der Waals surface area contributed by atoms with Crippen LogP contribution in [-0.2, 0) is 14.5 Å². The molecule has 1 aliphatic rings. The second kappa shape index (κ2) is 2.64. The first-order valence-electron chi connectivity index (χ1n) is 2.10. The molecule has 0 spiro atoms. The molecule has 1 heterocycles. The van der Waals surface area contributed by atoms with Gasteiger partial charge in [0.1, 0.15) is 6.26 Å². The quantitative estimate of drug-likeness (QED) is 0.503. The largest absolute Gasteiger partial charge is 0.343 e. The molecule has 1 rings (SSSR count). The molecule has 0 amide bonds. The fourth-order valence-corrected chi connectivity index (χ4v) is 0.361. The molecule has 0 aliphatic carbocycles. The zero-order chi connectivity index (χ0) is 5.82. The Hall–Kier alpha value is -0.610. The van der Waals surface area contributed by atoms with E-state index in [0.29, 0.717) is 0 Å². The Balaban J connectivity index is 2.16. The molecule has 4 heteroatoms. The number of rotatable bonds is 2. The van der Waals surface area contributed by atoms with Crippen LogP contribution in [0.4, 0.5) is 4.39 Å². The molecule has 0 bridgehead atoms. The SMILES string of the molecule is FCOC1C=COO1. The van der Waals surface area contributed by atoms with Crippen molar-refractivity contribution in [3.8, 4) is 0 Å². The Labute approximate surface area is 45.6 Å². The Kier molecular flexibility index (Phi) is 1.82. The molecule has 0 fully saturated rings. The van der Waals surface area contributed by atoms with Gasteiger partial charge < -0.3 is 9.62 Å². The van der Waals surface area contributed by atoms with Crippen LogP contribution in [0.1, 0.15) is 0 Å². The van der Waals surface area contributed by atoms with E-state index in [1.165, 1.54) is 12.3 Å². The lowest BCUT2D eigenvalue weighted by molar-refractivity contribution is -0.317. The lowest BCUT2D eigenvalue weighted by atomic mass is 10.6. The first-order chi connectivity index (χ1) is 3.93. The van der Waals surface area contributed by atoms with Gasteiger partial charge in [-0.25, -0.2) is 4.39 Å². The van der Waals surface area contributed by atoms with Crippen molar-refractivity contribution < 1.29 is 18.9 Å². The highest BCUT2D eigenvalue weighted by molar-refractivity contribution is 4.79. The van der Waals surface area contributed by atoms with Crippen LogP contribution >= 0.6 is 0 Å². The first-order valence-corrected chi connectivity index (χ1v) is 2.10. The zero-order valence-electron chi connectivity index (χ0n) is 4.04. The van der Waals surface area contributed by atoms with Gasteiger partial charge >= 0.3 is 0 Å². The van der Waals surface area contributed by atoms with Crippen LogP contribution in [0.15, 0.2) is 12.3 Å². The molecule has 1 unspecified atom stereocenters. The van der Waals surface area contributed by atoms with Crippen LogP contribution in [0.2, 0.25) is 0 Å². The molecular weight excluding hydrogens is 115 g/mol. The van der Waals surface area contributed by atoms with Crippen LogP contribution in [0.25, 0.3) is 0 Å². The summed E-state index contributed by atoms with van der Waals surface area (Å²) in [5.41, 5.74) is 0. The third-order valence-electron chi connectivity index (χ3n) is 0.669. The standard InChI is InChI=1S/C4H5FO3/c5-3-6-4-1-2-7-8-4/h1-2,4H,3H2. The molecule has 8 heavy (non-hydrogen) atoms. The second-order valence-corrected chi connectivity index (χ2v) is 1.17. The van der Waals surface area contributed by atoms with E-state index in [-0.39, 0.29) is 0 Å². The molecule has 0 radical (unpaired) electrons. The van der Waals surface area contributed by atoms with E-state index in [1.807, 2.05) is 0 Å². The predicted octanol–water partition coefficient (Wildman–Crippen LogP) is 0.732. The molecular formula is C4H5FO3. The minimum atomic E-state index is -0.863. The average molecular weight is 120 g/mol. The van der Waals surface area contributed by atoms with E-state index in [1.54, 1.807) is 0 Å². The fraction of sp³-hybridized carbons (Fsp3) is 0.500. The molecule has 3 nitrogen and oxygen atoms in total. The van der Waals surface area contributed by atoms with Crippen molar-refractivity contribution in [3.05, 3.63) is 12.3 Å². The smallest absolute Gasteiger partial charge is 0.227 e. The minimum absolute atomic E-state index is 0.667. The first kappa shape index (κ1) is 5.53. The van der Waals surface area contributed by atoms with Gasteiger partial charge in [-0.1, -0.05) is 0 Å². The molecule has 0 aromatic carbocycles. The topological polar surface area (TPSA) is 27.7 Å². The summed E-state index contributed by atoms with van der Waals surface area (Å²) in [6, 6.07) is 0. The van der Waals surface area contributed by atoms with Crippen LogP contribution in [0.3, 0.4) is 0 Å². The van der Waals surface area contributed by atoms with Crippen molar-refractivity contribution in [2.75, 3.05) is 6.86 Å². The van der Waals surface area contributed by atoms with Crippen molar-refractivity contribution in [1.29, 1.82) is 0 Å². The maximum Gasteiger partial charge on any atom is 0.227 e. The van der Waals surface area contributed by atoms with Crippen molar-refractivity contribution in [2.45, 2.75) is 6.29 Å². The van der Waals surface area contributed by atoms with Crippen molar-refractivity contribution in [1.82, 2.24) is 0 Å². The highest BCUT2D eigenvalue weighted by Gasteiger charge is 2.10. The van der Waals surface area contributed by atoms with E-state index in [2.05, 4.69) is 14.5 Å². The second-order valence-electron chi connectivity index (χ2n) is 1.17. The summed E-state index contributed by atoms with van der Waals surface area (Å²) in [5, 5.41) is 0. The van der Waals surface area contributed by atoms with Gasteiger partial charge in [-0.05, 0) is 0 Å². The van der Waals surface area contributed by atoms with Gasteiger partial charge in [-0.3, -0.25) is 0 Å². The molecule has 0 saturated heterocycles. The Morgan fingerprint density at radius 1 is 1.75 bits per heavy atom. The summed E-state index contributed by atoms with van der Waals surface area (Å²) >= 11 is 0. The highest BCUT2D eigenvalue weighted by Crippen LogP contribution is 2.05. The van der Waals surface area contributed by atoms with Crippen LogP contribution in [0, 0.1) is 0 Å². The molecule has 0 aromatic heterocycles. The average Bonchev–Trinajstić information content (AvgIpc) is 2.19. The van der Waals surface area contributed by atoms with Crippen LogP contribution < -0.4 is 0 Å². The number of ether oxygens (including phenoxy) is 1. The summed E-state index contributed by atoms with van der Waals surface area (Å²) < 4.78 is 15.6. The van der Waals surface area contributed by atoms with Gasteiger partial charge in [-0.2, -0.15) is 4.89 Å². The summed E-state index contributed by atoms with van der Waals surface area (Å²) in [6.45, 7) is -0.863. The van der Waals surface area contributed by atoms with Gasteiger partial charge in [0.25, 0.3) is 0 Å². The normalized spacial score (nSPS) is 25.9. The van der Waals surface area contributed by atoms with Gasteiger partial charge in [-0.15, -0.1) is 0 Å². The van der Waals surface area contributed by atoms with Gasteiger partial charge in [0.15, 0.2) is 6.86 Å². The third-order valence-corrected chi connectivity index (χ3v) is 0.669. The highest BCUT2D eigenvalue weighted by atomic mass is 19.1. The maximum atomic E-state index is 11.3. The number of hydrogen-bond acceptors (Lipinski definition) is 3. The monoisotopic (exact) mass is 120 g/mol. The third kappa shape index (κ3) is 1.18. The van der Waals surface area contributed by atoms with Crippen molar-refractivity contribution in [3.63, 3.8) is 0 Å². The van der Waals surface area contributed by atoms with E-state index >= 15 is 0 Å². The van der Waals surface area contributed by atoms with Gasteiger partial charge in [0.05, 0.1) is 0 Å². The lowest BCUT2D eigenvalue weighted by Crippen LogP contribution is -2.07. The number of alkyl halides is 1. The predicted molar refractivity (Wildman–Crippen MR) is 22.2 cm³/mol. The summed E-state index contributed by atoms with van der Waals surface area (Å²) in [4.78, 5) is 8.56. The number of hydrogen-bond donors (Lipinski definition) is 0. The lowest BCUT2D eigenvalue weighted by Gasteiger charge is -2.01. The molecule has 0 N–H and O–H groups in total. The molecule has 1 atom stereocenters.